The van der Waals surface area contributed by atoms with E-state index < -0.39 is 0 Å². The Labute approximate surface area is 166 Å². The number of amides is 1. The molecule has 9 heteroatoms. The molecule has 8 nitrogen and oxygen atoms in total. The second-order valence-corrected chi connectivity index (χ2v) is 6.20. The molecule has 1 amide bonds. The molecule has 1 fully saturated rings. The summed E-state index contributed by atoms with van der Waals surface area (Å²) in [6, 6.07) is 0. The molecule has 1 atom stereocenters. The number of primary amides is 1. The fourth-order valence-electron chi connectivity index (χ4n) is 2.99. The van der Waals surface area contributed by atoms with E-state index in [1.165, 1.54) is 0 Å². The summed E-state index contributed by atoms with van der Waals surface area (Å²) < 4.78 is 5.11. The van der Waals surface area contributed by atoms with Crippen molar-refractivity contribution >= 4 is 35.8 Å². The second-order valence-electron chi connectivity index (χ2n) is 6.20. The van der Waals surface area contributed by atoms with Crippen LogP contribution in [0.1, 0.15) is 44.3 Å². The number of nitrogens with two attached hydrogens (primary N) is 1. The Hall–Kier alpha value is -1.39. The molecule has 0 saturated carbocycles. The minimum atomic E-state index is -0.223. The number of guanidine groups is 1. The van der Waals surface area contributed by atoms with E-state index in [4.69, 9.17) is 15.2 Å². The molecule has 0 spiro atoms. The van der Waals surface area contributed by atoms with Gasteiger partial charge in [0.25, 0.3) is 0 Å². The lowest BCUT2D eigenvalue weighted by atomic mass is 9.95. The number of halogens is 1. The van der Waals surface area contributed by atoms with Crippen LogP contribution in [0.5, 0.6) is 0 Å². The molecule has 0 radical (unpaired) electrons. The lowest BCUT2D eigenvalue weighted by Gasteiger charge is -2.34. The number of hydrogen-bond acceptors (Lipinski definition) is 5. The Morgan fingerprint density at radius 3 is 2.96 bits per heavy atom. The van der Waals surface area contributed by atoms with Crippen molar-refractivity contribution in [1.29, 1.82) is 0 Å². The first-order chi connectivity index (χ1) is 11.6. The SMILES string of the molecule is CCNC(=NCCCc1nc(C)no1)N1CCCC(CC(N)=O)C1.I. The molecular formula is C16H29IN6O2. The molecule has 3 N–H and O–H groups in total. The van der Waals surface area contributed by atoms with Gasteiger partial charge in [-0.1, -0.05) is 5.16 Å². The molecular weight excluding hydrogens is 435 g/mol. The third-order valence-corrected chi connectivity index (χ3v) is 4.02. The Kier molecular flexibility index (Phi) is 9.76. The van der Waals surface area contributed by atoms with Crippen molar-refractivity contribution in [3.8, 4) is 0 Å². The maximum absolute atomic E-state index is 11.2. The van der Waals surface area contributed by atoms with Crippen molar-refractivity contribution in [3.05, 3.63) is 11.7 Å². The summed E-state index contributed by atoms with van der Waals surface area (Å²) in [5.41, 5.74) is 5.34. The highest BCUT2D eigenvalue weighted by Crippen LogP contribution is 2.19. The van der Waals surface area contributed by atoms with Crippen LogP contribution in [0.2, 0.25) is 0 Å². The number of hydrogen-bond donors (Lipinski definition) is 2. The van der Waals surface area contributed by atoms with Gasteiger partial charge in [-0.15, -0.1) is 24.0 Å². The van der Waals surface area contributed by atoms with E-state index in [0.29, 0.717) is 30.6 Å². The molecule has 1 aromatic rings. The lowest BCUT2D eigenvalue weighted by Crippen LogP contribution is -2.47. The van der Waals surface area contributed by atoms with Gasteiger partial charge in [-0.05, 0) is 39.0 Å². The van der Waals surface area contributed by atoms with Crippen LogP contribution in [-0.4, -0.2) is 53.1 Å². The van der Waals surface area contributed by atoms with Gasteiger partial charge in [0, 0.05) is 39.0 Å². The van der Waals surface area contributed by atoms with E-state index in [-0.39, 0.29) is 29.9 Å². The van der Waals surface area contributed by atoms with Gasteiger partial charge in [-0.2, -0.15) is 4.98 Å². The minimum Gasteiger partial charge on any atom is -0.370 e. The number of nitrogens with one attached hydrogen (secondary N) is 1. The van der Waals surface area contributed by atoms with Gasteiger partial charge in [0.05, 0.1) is 0 Å². The van der Waals surface area contributed by atoms with E-state index in [1.807, 2.05) is 6.92 Å². The van der Waals surface area contributed by atoms with E-state index in [0.717, 1.165) is 51.3 Å². The topological polar surface area (TPSA) is 110 Å². The predicted octanol–water partition coefficient (Wildman–Crippen LogP) is 1.48. The summed E-state index contributed by atoms with van der Waals surface area (Å²) in [5, 5.41) is 7.12. The summed E-state index contributed by atoms with van der Waals surface area (Å²) in [7, 11) is 0. The van der Waals surface area contributed by atoms with Gasteiger partial charge >= 0.3 is 0 Å². The number of aliphatic imine (C=N–C) groups is 1. The smallest absolute Gasteiger partial charge is 0.226 e. The predicted molar refractivity (Wildman–Crippen MR) is 107 cm³/mol. The van der Waals surface area contributed by atoms with Crippen LogP contribution in [0.25, 0.3) is 0 Å². The molecule has 0 bridgehead atoms. The Balaban J connectivity index is 0.00000312. The standard InChI is InChI=1S/C16H28N6O2.HI/c1-3-18-16(19-8-4-7-15-20-12(2)21-24-15)22-9-5-6-13(11-22)10-14(17)23;/h13H,3-11H2,1-2H3,(H2,17,23)(H,18,19);1H. The van der Waals surface area contributed by atoms with Crippen LogP contribution in [0.3, 0.4) is 0 Å². The average Bonchev–Trinajstić information content (AvgIpc) is 2.95. The average molecular weight is 464 g/mol. The van der Waals surface area contributed by atoms with E-state index in [1.54, 1.807) is 0 Å². The highest BCUT2D eigenvalue weighted by Gasteiger charge is 2.23. The van der Waals surface area contributed by atoms with Gasteiger partial charge in [0.1, 0.15) is 0 Å². The zero-order chi connectivity index (χ0) is 17.4. The van der Waals surface area contributed by atoms with Crippen molar-refractivity contribution in [1.82, 2.24) is 20.4 Å². The summed E-state index contributed by atoms with van der Waals surface area (Å²) in [4.78, 5) is 22.3. The minimum absolute atomic E-state index is 0. The highest BCUT2D eigenvalue weighted by atomic mass is 127. The quantitative estimate of drug-likeness (QED) is 0.274. The maximum Gasteiger partial charge on any atom is 0.226 e. The molecule has 142 valence electrons. The van der Waals surface area contributed by atoms with Crippen LogP contribution in [-0.2, 0) is 11.2 Å². The number of aromatic nitrogens is 2. The zero-order valence-corrected chi connectivity index (χ0v) is 17.4. The Morgan fingerprint density at radius 2 is 2.32 bits per heavy atom. The highest BCUT2D eigenvalue weighted by molar-refractivity contribution is 14.0. The first-order valence-corrected chi connectivity index (χ1v) is 8.69. The molecule has 0 aromatic carbocycles. The third-order valence-electron chi connectivity index (χ3n) is 4.02. The van der Waals surface area contributed by atoms with Gasteiger partial charge in [-0.25, -0.2) is 0 Å². The van der Waals surface area contributed by atoms with Crippen molar-refractivity contribution < 1.29 is 9.32 Å². The van der Waals surface area contributed by atoms with Gasteiger partial charge in [0.2, 0.25) is 11.8 Å². The van der Waals surface area contributed by atoms with Crippen molar-refractivity contribution in [2.75, 3.05) is 26.2 Å². The first kappa shape index (κ1) is 21.7. The third kappa shape index (κ3) is 7.57. The van der Waals surface area contributed by atoms with Gasteiger partial charge < -0.3 is 20.5 Å². The van der Waals surface area contributed by atoms with Crippen LogP contribution in [0, 0.1) is 12.8 Å². The maximum atomic E-state index is 11.2. The largest absolute Gasteiger partial charge is 0.370 e. The normalized spacial score (nSPS) is 17.9. The number of nitrogens with zero attached hydrogens (tertiary/aromatic N) is 4. The molecule has 0 aliphatic carbocycles. The number of aryl methyl sites for hydroxylation is 2. The van der Waals surface area contributed by atoms with E-state index in [2.05, 4.69) is 27.3 Å². The van der Waals surface area contributed by atoms with Crippen molar-refractivity contribution in [2.24, 2.45) is 16.6 Å². The molecule has 1 saturated heterocycles. The van der Waals surface area contributed by atoms with Gasteiger partial charge in [0.15, 0.2) is 11.8 Å². The summed E-state index contributed by atoms with van der Waals surface area (Å²) >= 11 is 0. The molecule has 1 aliphatic rings. The monoisotopic (exact) mass is 464 g/mol. The molecule has 25 heavy (non-hydrogen) atoms. The van der Waals surface area contributed by atoms with E-state index >= 15 is 0 Å². The number of rotatable bonds is 7. The van der Waals surface area contributed by atoms with E-state index in [9.17, 15) is 4.79 Å². The molecule has 2 heterocycles. The molecule has 1 aromatic heterocycles. The summed E-state index contributed by atoms with van der Waals surface area (Å²) in [6.45, 7) is 7.18. The second kappa shape index (κ2) is 11.3. The zero-order valence-electron chi connectivity index (χ0n) is 15.0. The van der Waals surface area contributed by atoms with Crippen LogP contribution in [0.15, 0.2) is 9.52 Å². The number of piperidine rings is 1. The van der Waals surface area contributed by atoms with Crippen LogP contribution < -0.4 is 11.1 Å². The summed E-state index contributed by atoms with van der Waals surface area (Å²) in [5.74, 6) is 2.33. The number of carbonyl (C=O) groups excluding carboxylic acids is 1. The molecule has 1 aliphatic heterocycles. The van der Waals surface area contributed by atoms with Crippen LogP contribution >= 0.6 is 24.0 Å². The summed E-state index contributed by atoms with van der Waals surface area (Å²) in [6.07, 6.45) is 4.15. The first-order valence-electron chi connectivity index (χ1n) is 8.69. The Morgan fingerprint density at radius 1 is 1.52 bits per heavy atom. The molecule has 2 rings (SSSR count). The number of likely N-dealkylation sites (tertiary alicyclic amines) is 1. The fourth-order valence-corrected chi connectivity index (χ4v) is 2.99. The van der Waals surface area contributed by atoms with Gasteiger partial charge in [-0.3, -0.25) is 9.79 Å². The van der Waals surface area contributed by atoms with Crippen molar-refractivity contribution in [2.45, 2.75) is 46.0 Å². The lowest BCUT2D eigenvalue weighted by molar-refractivity contribution is -0.119. The molecule has 1 unspecified atom stereocenters. The van der Waals surface area contributed by atoms with Crippen molar-refractivity contribution in [3.63, 3.8) is 0 Å². The van der Waals surface area contributed by atoms with Crippen LogP contribution in [0.4, 0.5) is 0 Å². The Bertz CT molecular complexity index is 563. The fraction of sp³-hybridized carbons (Fsp3) is 0.750. The number of carbonyl (C=O) groups is 1.